The van der Waals surface area contributed by atoms with Crippen molar-refractivity contribution in [2.24, 2.45) is 5.41 Å². The summed E-state index contributed by atoms with van der Waals surface area (Å²) in [7, 11) is 0. The van der Waals surface area contributed by atoms with E-state index in [0.717, 1.165) is 40.9 Å². The van der Waals surface area contributed by atoms with Crippen LogP contribution < -0.4 is 15.8 Å². The molecule has 3 aromatic rings. The van der Waals surface area contributed by atoms with Crippen molar-refractivity contribution in [2.45, 2.75) is 58.5 Å². The van der Waals surface area contributed by atoms with E-state index in [4.69, 9.17) is 4.98 Å². The molecule has 0 unspecified atom stereocenters. The van der Waals surface area contributed by atoms with Gasteiger partial charge < -0.3 is 4.90 Å². The van der Waals surface area contributed by atoms with E-state index in [0.29, 0.717) is 30.0 Å². The van der Waals surface area contributed by atoms with Crippen molar-refractivity contribution in [1.82, 2.24) is 19.6 Å². The second-order valence-electron chi connectivity index (χ2n) is 10.4. The number of amides is 4. The molecule has 1 aromatic carbocycles. The molecule has 2 aromatic heterocycles. The smallest absolute Gasteiger partial charge is 0.331 e. The van der Waals surface area contributed by atoms with E-state index < -0.39 is 29.3 Å². The lowest BCUT2D eigenvalue weighted by molar-refractivity contribution is -0.154. The number of urea groups is 1. The molecule has 9 heteroatoms. The molecule has 5 heterocycles. The number of aryl methyl sites for hydroxylation is 2. The van der Waals surface area contributed by atoms with Crippen LogP contribution in [0.4, 0.5) is 10.6 Å². The number of fused-ring (bicyclic) bond motifs is 5. The fourth-order valence-corrected chi connectivity index (χ4v) is 6.16. The lowest BCUT2D eigenvalue weighted by atomic mass is 9.68. The molecule has 0 aliphatic carbocycles. The lowest BCUT2D eigenvalue weighted by Crippen LogP contribution is -2.72. The van der Waals surface area contributed by atoms with Crippen molar-refractivity contribution in [3.8, 4) is 0 Å². The minimum absolute atomic E-state index is 0.0493. The van der Waals surface area contributed by atoms with Crippen LogP contribution in [0, 0.1) is 19.3 Å². The SMILES string of the molecule is Cc1ccc(CN2C(=O)NC(=O)[C@@]3(Cc4c(nc5c(C)cccn5c4=O)N4CCCCC[C@H]43)C2=O)cc1. The number of anilines is 1. The van der Waals surface area contributed by atoms with Gasteiger partial charge in [-0.05, 0) is 43.9 Å². The van der Waals surface area contributed by atoms with Gasteiger partial charge in [-0.1, -0.05) is 48.7 Å². The van der Waals surface area contributed by atoms with Gasteiger partial charge in [0.05, 0.1) is 18.2 Å². The third-order valence-electron chi connectivity index (χ3n) is 8.13. The predicted octanol–water partition coefficient (Wildman–Crippen LogP) is 2.88. The summed E-state index contributed by atoms with van der Waals surface area (Å²) in [5.41, 5.74) is 1.77. The summed E-state index contributed by atoms with van der Waals surface area (Å²) in [6.45, 7) is 4.51. The molecule has 0 saturated carbocycles. The Balaban J connectivity index is 1.52. The highest BCUT2D eigenvalue weighted by Crippen LogP contribution is 2.46. The van der Waals surface area contributed by atoms with E-state index in [2.05, 4.69) is 5.32 Å². The first-order chi connectivity index (χ1) is 17.8. The fraction of sp³-hybridized carbons (Fsp3) is 0.393. The fourth-order valence-electron chi connectivity index (χ4n) is 6.16. The molecule has 2 saturated heterocycles. The largest absolute Gasteiger partial charge is 0.352 e. The monoisotopic (exact) mass is 499 g/mol. The van der Waals surface area contributed by atoms with Crippen LogP contribution in [0.25, 0.3) is 5.65 Å². The minimum atomic E-state index is -1.59. The number of hydrogen-bond acceptors (Lipinski definition) is 6. The lowest BCUT2D eigenvalue weighted by Gasteiger charge is -2.50. The van der Waals surface area contributed by atoms with E-state index >= 15 is 0 Å². The van der Waals surface area contributed by atoms with Gasteiger partial charge in [-0.15, -0.1) is 0 Å². The Bertz CT molecular complexity index is 1510. The Hall–Kier alpha value is -4.01. The molecule has 6 rings (SSSR count). The minimum Gasteiger partial charge on any atom is -0.352 e. The van der Waals surface area contributed by atoms with E-state index in [1.165, 1.54) is 4.40 Å². The number of carbonyl (C=O) groups excluding carboxylic acids is 3. The highest BCUT2D eigenvalue weighted by molar-refractivity contribution is 6.20. The highest BCUT2D eigenvalue weighted by Gasteiger charge is 2.62. The second kappa shape index (κ2) is 8.54. The van der Waals surface area contributed by atoms with Crippen molar-refractivity contribution >= 4 is 29.3 Å². The normalized spacial score (nSPS) is 23.6. The van der Waals surface area contributed by atoms with Crippen molar-refractivity contribution in [3.05, 3.63) is 75.2 Å². The number of benzene rings is 1. The van der Waals surface area contributed by atoms with Crippen molar-refractivity contribution in [3.63, 3.8) is 0 Å². The van der Waals surface area contributed by atoms with Crippen LogP contribution in [0.2, 0.25) is 0 Å². The Morgan fingerprint density at radius 1 is 1.03 bits per heavy atom. The average Bonchev–Trinajstić information content (AvgIpc) is 3.14. The van der Waals surface area contributed by atoms with Gasteiger partial charge in [-0.2, -0.15) is 0 Å². The summed E-state index contributed by atoms with van der Waals surface area (Å²) < 4.78 is 1.49. The van der Waals surface area contributed by atoms with Crippen LogP contribution >= 0.6 is 0 Å². The van der Waals surface area contributed by atoms with Crippen molar-refractivity contribution in [1.29, 1.82) is 0 Å². The predicted molar refractivity (Wildman–Crippen MR) is 137 cm³/mol. The summed E-state index contributed by atoms with van der Waals surface area (Å²) in [5.74, 6) is -0.614. The Morgan fingerprint density at radius 2 is 1.81 bits per heavy atom. The second-order valence-corrected chi connectivity index (χ2v) is 10.4. The van der Waals surface area contributed by atoms with E-state index in [9.17, 15) is 19.2 Å². The van der Waals surface area contributed by atoms with Gasteiger partial charge in [-0.25, -0.2) is 9.78 Å². The molecule has 37 heavy (non-hydrogen) atoms. The first-order valence-corrected chi connectivity index (χ1v) is 12.8. The topological polar surface area (TPSA) is 104 Å². The molecule has 3 aliphatic rings. The molecule has 1 N–H and O–H groups in total. The maximum atomic E-state index is 14.3. The summed E-state index contributed by atoms with van der Waals surface area (Å²) in [5, 5.41) is 2.47. The summed E-state index contributed by atoms with van der Waals surface area (Å²) in [6.07, 6.45) is 4.83. The molecule has 190 valence electrons. The zero-order valence-electron chi connectivity index (χ0n) is 21.0. The van der Waals surface area contributed by atoms with Gasteiger partial charge in [0.2, 0.25) is 11.8 Å². The van der Waals surface area contributed by atoms with Crippen LogP contribution in [-0.4, -0.2) is 44.7 Å². The summed E-state index contributed by atoms with van der Waals surface area (Å²) in [6, 6.07) is 10.1. The Labute approximate surface area is 214 Å². The molecule has 1 spiro atoms. The highest BCUT2D eigenvalue weighted by atomic mass is 16.2. The Kier molecular flexibility index (Phi) is 5.40. The number of rotatable bonds is 2. The van der Waals surface area contributed by atoms with Gasteiger partial charge in [0.15, 0.2) is 5.41 Å². The van der Waals surface area contributed by atoms with Gasteiger partial charge >= 0.3 is 6.03 Å². The summed E-state index contributed by atoms with van der Waals surface area (Å²) >= 11 is 0. The van der Waals surface area contributed by atoms with E-state index in [1.54, 1.807) is 12.3 Å². The van der Waals surface area contributed by atoms with Gasteiger partial charge in [-0.3, -0.25) is 29.0 Å². The average molecular weight is 500 g/mol. The molecule has 2 fully saturated rings. The number of nitrogens with zero attached hydrogens (tertiary/aromatic N) is 4. The van der Waals surface area contributed by atoms with Crippen LogP contribution in [0.5, 0.6) is 0 Å². The number of pyridine rings is 1. The number of barbiturate groups is 1. The third-order valence-corrected chi connectivity index (χ3v) is 8.13. The molecular weight excluding hydrogens is 470 g/mol. The van der Waals surface area contributed by atoms with Crippen molar-refractivity contribution in [2.75, 3.05) is 11.4 Å². The standard InChI is InChI=1S/C28H29N5O4/c1-17-9-11-19(12-10-17)16-33-26(36)28(25(35)30-27(33)37)15-20-23(31-13-5-3-4-8-21(28)31)29-22-18(2)7-6-14-32(22)24(20)34/h6-7,9-12,14,21H,3-5,8,13,15-16H2,1-2H3,(H,30,35,37)/t21-,28-/m0/s1. The first kappa shape index (κ1) is 23.4. The molecule has 9 nitrogen and oxygen atoms in total. The zero-order chi connectivity index (χ0) is 25.9. The number of carbonyl (C=O) groups is 3. The number of nitrogens with one attached hydrogen (secondary N) is 1. The van der Waals surface area contributed by atoms with Gasteiger partial charge in [0.25, 0.3) is 5.56 Å². The molecular formula is C28H29N5O4. The molecule has 0 bridgehead atoms. The number of aromatic nitrogens is 2. The maximum Gasteiger partial charge on any atom is 0.331 e. The van der Waals surface area contributed by atoms with E-state index in [1.807, 2.05) is 49.1 Å². The number of imide groups is 2. The number of hydrogen-bond donors (Lipinski definition) is 1. The molecule has 4 amide bonds. The first-order valence-electron chi connectivity index (χ1n) is 12.8. The molecule has 2 atom stereocenters. The third kappa shape index (κ3) is 3.48. The molecule has 0 radical (unpaired) electrons. The van der Waals surface area contributed by atoms with E-state index in [-0.39, 0.29) is 18.5 Å². The van der Waals surface area contributed by atoms with Gasteiger partial charge in [0.1, 0.15) is 11.5 Å². The Morgan fingerprint density at radius 3 is 2.59 bits per heavy atom. The van der Waals surface area contributed by atoms with Gasteiger partial charge in [0, 0.05) is 19.2 Å². The molecule has 3 aliphatic heterocycles. The summed E-state index contributed by atoms with van der Waals surface area (Å²) in [4.78, 5) is 62.7. The van der Waals surface area contributed by atoms with Crippen LogP contribution in [0.15, 0.2) is 47.4 Å². The quantitative estimate of drug-likeness (QED) is 0.544. The van der Waals surface area contributed by atoms with Crippen LogP contribution in [-0.2, 0) is 22.6 Å². The zero-order valence-corrected chi connectivity index (χ0v) is 21.0. The maximum absolute atomic E-state index is 14.3. The van der Waals surface area contributed by atoms with Crippen LogP contribution in [0.3, 0.4) is 0 Å². The van der Waals surface area contributed by atoms with Crippen molar-refractivity contribution < 1.29 is 14.4 Å². The van der Waals surface area contributed by atoms with Crippen LogP contribution in [0.1, 0.15) is 47.9 Å².